The maximum Gasteiger partial charge on any atom is 0.490 e. The third kappa shape index (κ3) is 20.5. The Morgan fingerprint density at radius 2 is 1.64 bits per heavy atom. The number of aromatic amines is 1. The molecule has 11 N–H and O–H groups in total. The van der Waals surface area contributed by atoms with Crippen molar-refractivity contribution in [1.82, 2.24) is 25.5 Å². The summed E-state index contributed by atoms with van der Waals surface area (Å²) < 4.78 is 82.1. The first kappa shape index (κ1) is 72.4. The third-order valence-corrected chi connectivity index (χ3v) is 17.1. The second-order valence-corrected chi connectivity index (χ2v) is 24.4. The first-order chi connectivity index (χ1) is 44.7. The summed E-state index contributed by atoms with van der Waals surface area (Å²) in [5, 5.41) is 30.0. The maximum atomic E-state index is 13.7. The van der Waals surface area contributed by atoms with Crippen LogP contribution >= 0.6 is 23.5 Å². The minimum atomic E-state index is -5.87. The van der Waals surface area contributed by atoms with Crippen LogP contribution in [0.3, 0.4) is 0 Å². The molecule has 6 unspecified atom stereocenters. The Kier molecular flexibility index (Phi) is 25.5. The Labute approximate surface area is 531 Å². The van der Waals surface area contributed by atoms with Crippen molar-refractivity contribution >= 4 is 63.8 Å². The average molecular weight is 1370 g/mol. The average Bonchev–Trinajstić information content (AvgIpc) is 0.859. The second-order valence-electron chi connectivity index (χ2n) is 20.0. The highest BCUT2D eigenvalue weighted by Crippen LogP contribution is 2.66. The normalized spacial score (nSPS) is 16.3. The number of nitrogens with one attached hydrogen (secondary N) is 6. The molecule has 1 aromatic heterocycles. The molecule has 1 fully saturated rings. The summed E-state index contributed by atoms with van der Waals surface area (Å²) in [5.41, 5.74) is 20.6. The Morgan fingerprint density at radius 1 is 0.894 bits per heavy atom. The molecule has 0 bridgehead atoms. The van der Waals surface area contributed by atoms with Crippen molar-refractivity contribution in [2.75, 3.05) is 77.8 Å². The number of carbonyl (C=O) groups excluding carboxylic acids is 3. The molecule has 3 heterocycles. The van der Waals surface area contributed by atoms with Crippen LogP contribution in [0.1, 0.15) is 74.3 Å². The molecule has 36 nitrogen and oxygen atoms in total. The SMILES string of the molecule is CCNc1cc2oc3cc(=[NH+]CC)c(C)cc-3c(-c3cc(C(=O)NCCNC(=O)c4cccc(OCC(N=[N+]=[N-])OCCOCC(=O)NCC#Cc5cn(C6CC(OCN=[N+]=[N-])C(COP(=O)(O)OP(=O)(O)OP(=O)(O)O)O6)c(=O)[nH]c5=O)c4)ccc3C(=O)O)c2cc1C. The van der Waals surface area contributed by atoms with Gasteiger partial charge in [0, 0.05) is 87.0 Å². The molecule has 1 saturated heterocycles. The predicted octanol–water partition coefficient (Wildman–Crippen LogP) is 3.46. The largest absolute Gasteiger partial charge is 0.491 e. The Hall–Kier alpha value is -9.06. The molecule has 39 heteroatoms. The number of aromatic nitrogens is 2. The fraction of sp³-hybridized carbons (Fsp3) is 0.364. The number of fused-ring (bicyclic) bond motifs is 2. The predicted molar refractivity (Wildman–Crippen MR) is 328 cm³/mol. The zero-order chi connectivity index (χ0) is 68.3. The van der Waals surface area contributed by atoms with Crippen molar-refractivity contribution in [1.29, 1.82) is 0 Å². The van der Waals surface area contributed by atoms with E-state index in [1.54, 1.807) is 12.1 Å². The van der Waals surface area contributed by atoms with Gasteiger partial charge in [-0.1, -0.05) is 28.1 Å². The highest BCUT2D eigenvalue weighted by Gasteiger charge is 2.44. The lowest BCUT2D eigenvalue weighted by Crippen LogP contribution is -2.76. The quantitative estimate of drug-likeness (QED) is 0.00548. The number of benzene rings is 4. The maximum absolute atomic E-state index is 13.7. The van der Waals surface area contributed by atoms with E-state index in [0.29, 0.717) is 46.5 Å². The van der Waals surface area contributed by atoms with E-state index in [1.807, 2.05) is 56.9 Å². The fourth-order valence-corrected chi connectivity index (χ4v) is 12.3. The zero-order valence-electron chi connectivity index (χ0n) is 50.3. The number of azide groups is 2. The van der Waals surface area contributed by atoms with E-state index in [0.717, 1.165) is 32.9 Å². The van der Waals surface area contributed by atoms with Crippen molar-refractivity contribution < 1.29 is 104 Å². The summed E-state index contributed by atoms with van der Waals surface area (Å²) in [7, 11) is -17.2. The first-order valence-electron chi connectivity index (χ1n) is 28.1. The Morgan fingerprint density at radius 3 is 2.33 bits per heavy atom. The number of H-pyrrole nitrogens is 1. The number of phosphoric ester groups is 1. The van der Waals surface area contributed by atoms with Gasteiger partial charge in [-0.3, -0.25) is 33.3 Å². The monoisotopic (exact) mass is 1370 g/mol. The van der Waals surface area contributed by atoms with Crippen molar-refractivity contribution in [3.63, 3.8) is 0 Å². The van der Waals surface area contributed by atoms with Crippen LogP contribution in [0.4, 0.5) is 5.69 Å². The molecule has 2 aliphatic heterocycles. The van der Waals surface area contributed by atoms with Crippen LogP contribution in [-0.4, -0.2) is 149 Å². The van der Waals surface area contributed by atoms with Gasteiger partial charge in [0.25, 0.3) is 17.4 Å². The summed E-state index contributed by atoms with van der Waals surface area (Å²) in [6, 6.07) is 18.0. The lowest BCUT2D eigenvalue weighted by atomic mass is 9.88. The number of anilines is 1. The van der Waals surface area contributed by atoms with Gasteiger partial charge in [0.1, 0.15) is 61.5 Å². The molecular weight excluding hydrogens is 1300 g/mol. The molecule has 500 valence electrons. The van der Waals surface area contributed by atoms with Crippen LogP contribution in [0.2, 0.25) is 0 Å². The van der Waals surface area contributed by atoms with E-state index in [2.05, 4.69) is 71.3 Å². The second kappa shape index (κ2) is 33.2. The van der Waals surface area contributed by atoms with E-state index in [-0.39, 0.29) is 73.9 Å². The van der Waals surface area contributed by atoms with Crippen molar-refractivity contribution in [2.24, 2.45) is 10.2 Å². The number of carboxylic acid groups (broad SMARTS) is 1. The summed E-state index contributed by atoms with van der Waals surface area (Å²) in [6.07, 6.45) is -4.44. The molecule has 0 spiro atoms. The van der Waals surface area contributed by atoms with Crippen LogP contribution < -0.4 is 47.6 Å². The zero-order valence-corrected chi connectivity index (χ0v) is 53.0. The Bertz CT molecular complexity index is 4310. The number of phosphoric acid groups is 3. The number of amides is 3. The van der Waals surface area contributed by atoms with Crippen LogP contribution in [-0.2, 0) is 50.6 Å². The minimum absolute atomic E-state index is 0.00103. The number of aromatic carboxylic acids is 1. The van der Waals surface area contributed by atoms with Crippen molar-refractivity contribution in [3.8, 4) is 40.0 Å². The van der Waals surface area contributed by atoms with Gasteiger partial charge in [-0.2, -0.15) is 8.62 Å². The molecule has 7 rings (SSSR count). The molecule has 4 aromatic rings. The number of carboxylic acids is 1. The summed E-state index contributed by atoms with van der Waals surface area (Å²) >= 11 is 0. The molecule has 0 saturated carbocycles. The minimum Gasteiger partial charge on any atom is -0.491 e. The summed E-state index contributed by atoms with van der Waals surface area (Å²) in [5.74, 6) is 2.83. The van der Waals surface area contributed by atoms with Gasteiger partial charge in [-0.25, -0.2) is 28.3 Å². The highest BCUT2D eigenvalue weighted by molar-refractivity contribution is 7.66. The van der Waals surface area contributed by atoms with Crippen LogP contribution in [0.15, 0.2) is 97.2 Å². The van der Waals surface area contributed by atoms with Crippen LogP contribution in [0.25, 0.3) is 54.3 Å². The summed E-state index contributed by atoms with van der Waals surface area (Å²) in [4.78, 5) is 125. The molecule has 6 atom stereocenters. The fourth-order valence-electron chi connectivity index (χ4n) is 9.31. The standard InChI is InChI=1S/C55H62N13O23P3/c1-5-58-41-23-43-39(19-31(41)3)50(40-20-32(4)42(59-6-2)24-44(40)88-43)38-22-34(12-13-37(38)54(73)74)52(71)62-16-15-61-51(70)33-9-7-11-36(21-33)85-29-48(65-67-57)84-18-17-83-28-47(69)60-14-8-10-35-26-68(55(75)64-53(35)72)49-25-45(86-30-63-66-56)46(89-49)27-87-93(79,80)91-94(81,82)90-92(76,77)78/h7,9,11-13,19-24,26,45-46,48-49,58H,5-6,14-18,25,27-30H2,1-4H3,(H,60,69)(H,61,70)(H,62,71)(H,73,74)(H,79,80)(H,81,82)(H,64,72,75)(H2,76,77,78)/p+1. The van der Waals surface area contributed by atoms with E-state index in [9.17, 15) is 57.4 Å². The topological polar surface area (TPSA) is 522 Å². The number of rotatable bonds is 32. The van der Waals surface area contributed by atoms with E-state index in [4.69, 9.17) is 49.0 Å². The van der Waals surface area contributed by atoms with Gasteiger partial charge in [0.2, 0.25) is 11.3 Å². The number of hydrogen-bond donors (Lipinski definition) is 11. The van der Waals surface area contributed by atoms with Crippen LogP contribution in [0.5, 0.6) is 5.75 Å². The molecule has 1 aliphatic carbocycles. The van der Waals surface area contributed by atoms with Gasteiger partial charge in [0.05, 0.1) is 44.1 Å². The highest BCUT2D eigenvalue weighted by atomic mass is 31.3. The lowest BCUT2D eigenvalue weighted by molar-refractivity contribution is -0.496. The molecule has 3 aromatic carbocycles. The number of nitrogens with zero attached hydrogens (tertiary/aromatic N) is 7. The van der Waals surface area contributed by atoms with E-state index < -0.39 is 103 Å². The van der Waals surface area contributed by atoms with E-state index in [1.165, 1.54) is 30.3 Å². The number of aryl methyl sites for hydroxylation is 2. The van der Waals surface area contributed by atoms with Gasteiger partial charge < -0.3 is 74.0 Å². The number of carbonyl (C=O) groups is 4. The number of hydrogen-bond acceptors (Lipinski definition) is 21. The number of ether oxygens (including phenoxy) is 5. The van der Waals surface area contributed by atoms with Gasteiger partial charge in [-0.05, 0) is 98.4 Å². The molecule has 3 amide bonds. The smallest absolute Gasteiger partial charge is 0.490 e. The molecule has 94 heavy (non-hydrogen) atoms. The van der Waals surface area contributed by atoms with Crippen molar-refractivity contribution in [3.05, 3.63) is 153 Å². The van der Waals surface area contributed by atoms with Crippen LogP contribution in [0, 0.1) is 25.7 Å². The van der Waals surface area contributed by atoms with Gasteiger partial charge in [0.15, 0.2) is 6.23 Å². The first-order valence-corrected chi connectivity index (χ1v) is 32.6. The Balaban J connectivity index is 0.861. The lowest BCUT2D eigenvalue weighted by Gasteiger charge is -2.20. The molecule has 3 aliphatic rings. The summed E-state index contributed by atoms with van der Waals surface area (Å²) in [6.45, 7) is 6.03. The molecular formula is C55H63N13O23P3+. The third-order valence-electron chi connectivity index (χ3n) is 13.3. The van der Waals surface area contributed by atoms with Gasteiger partial charge >= 0.3 is 35.1 Å². The van der Waals surface area contributed by atoms with Gasteiger partial charge in [-0.15, -0.1) is 0 Å². The van der Waals surface area contributed by atoms with Crippen molar-refractivity contribution in [2.45, 2.75) is 58.8 Å². The molecule has 0 radical (unpaired) electrons. The van der Waals surface area contributed by atoms with E-state index >= 15 is 0 Å².